The molecule has 0 N–H and O–H groups in total. The van der Waals surface area contributed by atoms with E-state index in [1.807, 2.05) is 0 Å². The van der Waals surface area contributed by atoms with Crippen molar-refractivity contribution < 1.29 is 13.2 Å². The maximum Gasteiger partial charge on any atom is 0.157 e. The second-order valence-electron chi connectivity index (χ2n) is 3.32. The Morgan fingerprint density at radius 2 is 2.13 bits per heavy atom. The van der Waals surface area contributed by atoms with Crippen molar-refractivity contribution in [2.75, 3.05) is 6.26 Å². The Hall–Kier alpha value is -0.390. The maximum absolute atomic E-state index is 11.6. The largest absolute Gasteiger partial charge is 0.298 e. The molecular formula is C9H11ClO3S2. The van der Waals surface area contributed by atoms with Crippen molar-refractivity contribution in [3.8, 4) is 0 Å². The van der Waals surface area contributed by atoms with Crippen LogP contribution in [0.4, 0.5) is 0 Å². The van der Waals surface area contributed by atoms with Crippen LogP contribution in [0.2, 0.25) is 4.34 Å². The van der Waals surface area contributed by atoms with Crippen LogP contribution < -0.4 is 0 Å². The predicted octanol–water partition coefficient (Wildman–Crippen LogP) is 1.95. The maximum atomic E-state index is 11.6. The van der Waals surface area contributed by atoms with Gasteiger partial charge in [-0.3, -0.25) is 4.79 Å². The number of carbonyl (C=O) groups is 1. The third-order valence-electron chi connectivity index (χ3n) is 2.07. The first-order valence-electron chi connectivity index (χ1n) is 4.26. The number of rotatable bonds is 4. The molecule has 1 atom stereocenters. The normalized spacial score (nSPS) is 13.8. The highest BCUT2D eigenvalue weighted by atomic mass is 35.5. The zero-order valence-electron chi connectivity index (χ0n) is 8.36. The smallest absolute Gasteiger partial charge is 0.157 e. The molecule has 3 nitrogen and oxygen atoms in total. The lowest BCUT2D eigenvalue weighted by molar-refractivity contribution is -0.117. The van der Waals surface area contributed by atoms with E-state index in [0.29, 0.717) is 4.34 Å². The molecule has 6 heteroatoms. The third kappa shape index (κ3) is 3.59. The van der Waals surface area contributed by atoms with Gasteiger partial charge in [-0.25, -0.2) is 8.42 Å². The number of Topliss-reactive ketones (excluding diaryl/α,β-unsaturated/α-hetero) is 1. The Labute approximate surface area is 98.0 Å². The van der Waals surface area contributed by atoms with Crippen molar-refractivity contribution in [2.24, 2.45) is 0 Å². The highest BCUT2D eigenvalue weighted by molar-refractivity contribution is 7.92. The van der Waals surface area contributed by atoms with E-state index in [1.165, 1.54) is 18.3 Å². The van der Waals surface area contributed by atoms with Crippen molar-refractivity contribution in [2.45, 2.75) is 18.6 Å². The van der Waals surface area contributed by atoms with Crippen molar-refractivity contribution in [1.29, 1.82) is 0 Å². The van der Waals surface area contributed by atoms with E-state index in [0.717, 1.165) is 11.1 Å². The van der Waals surface area contributed by atoms with Crippen LogP contribution in [0.25, 0.3) is 0 Å². The number of hydrogen-bond donors (Lipinski definition) is 0. The predicted molar refractivity (Wildman–Crippen MR) is 62.3 cm³/mol. The second kappa shape index (κ2) is 4.63. The van der Waals surface area contributed by atoms with Gasteiger partial charge in [0.2, 0.25) is 0 Å². The quantitative estimate of drug-likeness (QED) is 0.837. The van der Waals surface area contributed by atoms with Gasteiger partial charge in [0, 0.05) is 17.6 Å². The summed E-state index contributed by atoms with van der Waals surface area (Å²) < 4.78 is 22.9. The average molecular weight is 267 g/mol. The van der Waals surface area contributed by atoms with E-state index >= 15 is 0 Å². The molecule has 0 amide bonds. The van der Waals surface area contributed by atoms with Gasteiger partial charge >= 0.3 is 0 Å². The highest BCUT2D eigenvalue weighted by Crippen LogP contribution is 2.22. The molecule has 0 saturated heterocycles. The summed E-state index contributed by atoms with van der Waals surface area (Å²) in [7, 11) is -3.29. The fraction of sp³-hybridized carbons (Fsp3) is 0.444. The molecule has 1 heterocycles. The molecule has 84 valence electrons. The third-order valence-corrected chi connectivity index (χ3v) is 4.85. The number of sulfone groups is 1. The summed E-state index contributed by atoms with van der Waals surface area (Å²) in [6.07, 6.45) is 1.20. The highest BCUT2D eigenvalue weighted by Gasteiger charge is 2.23. The van der Waals surface area contributed by atoms with E-state index in [4.69, 9.17) is 11.6 Å². The monoisotopic (exact) mass is 266 g/mol. The minimum atomic E-state index is -3.29. The van der Waals surface area contributed by atoms with Crippen LogP contribution in [0.1, 0.15) is 11.8 Å². The van der Waals surface area contributed by atoms with Crippen LogP contribution in [0.5, 0.6) is 0 Å². The van der Waals surface area contributed by atoms with Crippen LogP contribution in [0, 0.1) is 0 Å². The lowest BCUT2D eigenvalue weighted by Crippen LogP contribution is -2.27. The Balaban J connectivity index is 2.72. The van der Waals surface area contributed by atoms with E-state index < -0.39 is 15.1 Å². The van der Waals surface area contributed by atoms with Gasteiger partial charge in [-0.15, -0.1) is 11.3 Å². The van der Waals surface area contributed by atoms with E-state index in [2.05, 4.69) is 0 Å². The van der Waals surface area contributed by atoms with Gasteiger partial charge in [0.25, 0.3) is 0 Å². The first-order valence-corrected chi connectivity index (χ1v) is 7.41. The molecule has 1 aromatic heterocycles. The Morgan fingerprint density at radius 3 is 2.53 bits per heavy atom. The molecule has 0 radical (unpaired) electrons. The molecule has 0 aliphatic carbocycles. The minimum Gasteiger partial charge on any atom is -0.298 e. The van der Waals surface area contributed by atoms with Crippen LogP contribution in [-0.4, -0.2) is 25.7 Å². The molecular weight excluding hydrogens is 256 g/mol. The van der Waals surface area contributed by atoms with Gasteiger partial charge in [0.15, 0.2) is 15.6 Å². The molecule has 0 aliphatic heterocycles. The molecule has 1 unspecified atom stereocenters. The van der Waals surface area contributed by atoms with Gasteiger partial charge in [-0.1, -0.05) is 11.6 Å². The first-order chi connectivity index (χ1) is 6.80. The molecule has 0 spiro atoms. The van der Waals surface area contributed by atoms with Crippen molar-refractivity contribution >= 4 is 38.6 Å². The summed E-state index contributed by atoms with van der Waals surface area (Å²) in [4.78, 5) is 12.3. The van der Waals surface area contributed by atoms with E-state index in [1.54, 1.807) is 12.1 Å². The van der Waals surface area contributed by atoms with Gasteiger partial charge in [0.05, 0.1) is 4.34 Å². The zero-order valence-corrected chi connectivity index (χ0v) is 10.7. The Bertz CT molecular complexity index is 461. The van der Waals surface area contributed by atoms with Crippen molar-refractivity contribution in [1.82, 2.24) is 0 Å². The second-order valence-corrected chi connectivity index (χ2v) is 7.49. The lowest BCUT2D eigenvalue weighted by Gasteiger charge is -2.06. The van der Waals surface area contributed by atoms with Gasteiger partial charge < -0.3 is 0 Å². The summed E-state index contributed by atoms with van der Waals surface area (Å²) in [6, 6.07) is 3.43. The number of halogens is 1. The summed E-state index contributed by atoms with van der Waals surface area (Å²) in [5.41, 5.74) is 0. The van der Waals surface area contributed by atoms with Crippen molar-refractivity contribution in [3.63, 3.8) is 0 Å². The summed E-state index contributed by atoms with van der Waals surface area (Å²) in [5.74, 6) is -0.295. The molecule has 0 saturated carbocycles. The van der Waals surface area contributed by atoms with Crippen LogP contribution in [0.15, 0.2) is 12.1 Å². The number of thiophene rings is 1. The van der Waals surface area contributed by atoms with Crippen molar-refractivity contribution in [3.05, 3.63) is 21.3 Å². The fourth-order valence-electron chi connectivity index (χ4n) is 1.00. The summed E-state index contributed by atoms with van der Waals surface area (Å²) in [6.45, 7) is 1.41. The number of hydrogen-bond acceptors (Lipinski definition) is 4. The molecule has 15 heavy (non-hydrogen) atoms. The standard InChI is InChI=1S/C9H11ClO3S2/c1-6(15(2,12)13)8(11)5-7-3-4-9(10)14-7/h3-4,6H,5H2,1-2H3. The zero-order chi connectivity index (χ0) is 11.6. The van der Waals surface area contributed by atoms with Crippen LogP contribution in [-0.2, 0) is 21.1 Å². The molecule has 0 aromatic carbocycles. The van der Waals surface area contributed by atoms with E-state index in [-0.39, 0.29) is 12.2 Å². The van der Waals surface area contributed by atoms with Crippen LogP contribution in [0.3, 0.4) is 0 Å². The van der Waals surface area contributed by atoms with Gasteiger partial charge in [0.1, 0.15) is 5.25 Å². The first kappa shape index (κ1) is 12.7. The molecule has 1 rings (SSSR count). The lowest BCUT2D eigenvalue weighted by atomic mass is 10.2. The Morgan fingerprint density at radius 1 is 1.53 bits per heavy atom. The SMILES string of the molecule is CC(C(=O)Cc1ccc(Cl)s1)S(C)(=O)=O. The fourth-order valence-corrected chi connectivity index (χ4v) is 2.66. The van der Waals surface area contributed by atoms with Gasteiger partial charge in [-0.05, 0) is 19.1 Å². The minimum absolute atomic E-state index is 0.131. The van der Waals surface area contributed by atoms with E-state index in [9.17, 15) is 13.2 Å². The van der Waals surface area contributed by atoms with Gasteiger partial charge in [-0.2, -0.15) is 0 Å². The summed E-state index contributed by atoms with van der Waals surface area (Å²) >= 11 is 7.00. The number of ketones is 1. The topological polar surface area (TPSA) is 51.2 Å². The molecule has 0 fully saturated rings. The van der Waals surface area contributed by atoms with Crippen LogP contribution >= 0.6 is 22.9 Å². The number of carbonyl (C=O) groups excluding carboxylic acids is 1. The molecule has 0 bridgehead atoms. The summed E-state index contributed by atoms with van der Waals surface area (Å²) in [5, 5.41) is -0.946. The molecule has 1 aromatic rings. The molecule has 0 aliphatic rings. The average Bonchev–Trinajstić information content (AvgIpc) is 2.48. The Kier molecular flexibility index (Phi) is 3.92.